The average molecular weight is 417 g/mol. The number of aliphatic imine (C=N–C) groups is 1. The lowest BCUT2D eigenvalue weighted by Crippen LogP contribution is -2.10. The van der Waals surface area contributed by atoms with E-state index in [1.807, 2.05) is 66.7 Å². The first kappa shape index (κ1) is 19.8. The molecule has 0 bridgehead atoms. The molecule has 0 spiro atoms. The van der Waals surface area contributed by atoms with Gasteiger partial charge in [0.05, 0.1) is 24.8 Å². The van der Waals surface area contributed by atoms with Crippen molar-refractivity contribution >= 4 is 45.3 Å². The molecule has 3 aromatic rings. The molecule has 0 radical (unpaired) electrons. The van der Waals surface area contributed by atoms with E-state index in [1.165, 1.54) is 18.9 Å². The Morgan fingerprint density at radius 2 is 1.73 bits per heavy atom. The van der Waals surface area contributed by atoms with Crippen LogP contribution in [0.5, 0.6) is 5.75 Å². The minimum atomic E-state index is -0.628. The van der Waals surface area contributed by atoms with Crippen LogP contribution in [-0.4, -0.2) is 30.3 Å². The van der Waals surface area contributed by atoms with Crippen molar-refractivity contribution < 1.29 is 19.4 Å². The molecule has 5 nitrogen and oxygen atoms in total. The second-order valence-electron chi connectivity index (χ2n) is 6.51. The molecule has 0 saturated heterocycles. The number of hydrogen-bond acceptors (Lipinski definition) is 6. The molecule has 3 aromatic carbocycles. The van der Waals surface area contributed by atoms with E-state index in [4.69, 9.17) is 14.5 Å². The molecule has 0 saturated carbocycles. The topological polar surface area (TPSA) is 68.1 Å². The fourth-order valence-electron chi connectivity index (χ4n) is 3.16. The quantitative estimate of drug-likeness (QED) is 0.556. The third kappa shape index (κ3) is 3.82. The summed E-state index contributed by atoms with van der Waals surface area (Å²) in [5.41, 5.74) is 1.64. The molecule has 150 valence electrons. The molecule has 0 unspecified atom stereocenters. The van der Waals surface area contributed by atoms with Gasteiger partial charge in [0.1, 0.15) is 22.1 Å². The van der Waals surface area contributed by atoms with Crippen LogP contribution in [0.4, 0.5) is 5.69 Å². The Hall–Kier alpha value is -3.51. The largest absolute Gasteiger partial charge is 0.506 e. The van der Waals surface area contributed by atoms with E-state index in [1.54, 1.807) is 13.2 Å². The van der Waals surface area contributed by atoms with E-state index in [-0.39, 0.29) is 11.3 Å². The summed E-state index contributed by atoms with van der Waals surface area (Å²) >= 11 is 1.23. The van der Waals surface area contributed by atoms with Crippen LogP contribution in [0, 0.1) is 0 Å². The zero-order valence-corrected chi connectivity index (χ0v) is 17.3. The van der Waals surface area contributed by atoms with Crippen LogP contribution >= 0.6 is 11.8 Å². The van der Waals surface area contributed by atoms with Gasteiger partial charge >= 0.3 is 5.97 Å². The highest BCUT2D eigenvalue weighted by Crippen LogP contribution is 2.41. The summed E-state index contributed by atoms with van der Waals surface area (Å²) in [7, 11) is 2.89. The van der Waals surface area contributed by atoms with Gasteiger partial charge < -0.3 is 14.6 Å². The number of rotatable bonds is 4. The van der Waals surface area contributed by atoms with Gasteiger partial charge in [0.15, 0.2) is 0 Å². The van der Waals surface area contributed by atoms with Crippen LogP contribution < -0.4 is 4.74 Å². The fraction of sp³-hybridized carbons (Fsp3) is 0.0833. The molecule has 0 aliphatic carbocycles. The third-order valence-electron chi connectivity index (χ3n) is 4.68. The van der Waals surface area contributed by atoms with Crippen molar-refractivity contribution in [3.05, 3.63) is 88.5 Å². The lowest BCUT2D eigenvalue weighted by molar-refractivity contribution is -0.135. The van der Waals surface area contributed by atoms with Gasteiger partial charge in [-0.1, -0.05) is 60.3 Å². The number of ether oxygens (including phenoxy) is 2. The maximum Gasteiger partial charge on any atom is 0.344 e. The Morgan fingerprint density at radius 1 is 1.00 bits per heavy atom. The van der Waals surface area contributed by atoms with Crippen molar-refractivity contribution in [1.82, 2.24) is 0 Å². The number of carbonyl (C=O) groups is 1. The number of benzene rings is 3. The SMILES string of the molecule is COC(=O)C1=C(O)/C(=C/c2ccc(OC)cc2)SC1=Nc1cccc2ccccc12. The number of aliphatic hydroxyl groups excluding tert-OH is 1. The number of nitrogens with zero attached hydrogens (tertiary/aromatic N) is 1. The van der Waals surface area contributed by atoms with Gasteiger partial charge in [-0.2, -0.15) is 0 Å². The summed E-state index contributed by atoms with van der Waals surface area (Å²) in [6, 6.07) is 21.1. The van der Waals surface area contributed by atoms with Gasteiger partial charge in [-0.05, 0) is 35.2 Å². The standard InChI is InChI=1S/C24H19NO4S/c1-28-17-12-10-15(11-13-17)14-20-22(26)21(24(27)29-2)23(30-20)25-19-9-5-7-16-6-3-4-8-18(16)19/h3-14,26H,1-2H3/b20-14-,25-23?. The number of thioether (sulfide) groups is 1. The first-order chi connectivity index (χ1) is 14.6. The summed E-state index contributed by atoms with van der Waals surface area (Å²) in [5, 5.41) is 13.2. The predicted molar refractivity (Wildman–Crippen MR) is 121 cm³/mol. The molecule has 1 aliphatic rings. The molecule has 0 fully saturated rings. The Bertz CT molecular complexity index is 1200. The normalized spacial score (nSPS) is 16.5. The first-order valence-corrected chi connectivity index (χ1v) is 10.0. The second-order valence-corrected chi connectivity index (χ2v) is 7.54. The highest BCUT2D eigenvalue weighted by Gasteiger charge is 2.33. The van der Waals surface area contributed by atoms with Crippen LogP contribution in [0.3, 0.4) is 0 Å². The van der Waals surface area contributed by atoms with Crippen LogP contribution in [0.15, 0.2) is 88.0 Å². The highest BCUT2D eigenvalue weighted by atomic mass is 32.2. The first-order valence-electron chi connectivity index (χ1n) is 9.23. The van der Waals surface area contributed by atoms with Crippen LogP contribution in [0.1, 0.15) is 5.56 Å². The fourth-order valence-corrected chi connectivity index (χ4v) is 4.19. The van der Waals surface area contributed by atoms with E-state index < -0.39 is 5.97 Å². The maximum absolute atomic E-state index is 12.4. The third-order valence-corrected chi connectivity index (χ3v) is 5.70. The van der Waals surface area contributed by atoms with E-state index in [0.29, 0.717) is 9.95 Å². The lowest BCUT2D eigenvalue weighted by atomic mass is 10.1. The van der Waals surface area contributed by atoms with Crippen molar-refractivity contribution in [2.75, 3.05) is 14.2 Å². The number of fused-ring (bicyclic) bond motifs is 1. The summed E-state index contributed by atoms with van der Waals surface area (Å²) in [5.74, 6) is -0.0248. The average Bonchev–Trinajstić information content (AvgIpc) is 3.08. The lowest BCUT2D eigenvalue weighted by Gasteiger charge is -2.05. The Morgan fingerprint density at radius 3 is 2.47 bits per heavy atom. The molecule has 0 amide bonds. The number of aliphatic hydroxyl groups is 1. The summed E-state index contributed by atoms with van der Waals surface area (Å²) < 4.78 is 10.1. The summed E-state index contributed by atoms with van der Waals surface area (Å²) in [6.07, 6.45) is 1.80. The van der Waals surface area contributed by atoms with Crippen molar-refractivity contribution in [3.8, 4) is 5.75 Å². The van der Waals surface area contributed by atoms with Crippen LogP contribution in [0.25, 0.3) is 16.8 Å². The number of carbonyl (C=O) groups excluding carboxylic acids is 1. The molecule has 4 rings (SSSR count). The Kier molecular flexibility index (Phi) is 5.59. The molecular weight excluding hydrogens is 398 g/mol. The second kappa shape index (κ2) is 8.47. The van der Waals surface area contributed by atoms with Crippen LogP contribution in [0.2, 0.25) is 0 Å². The summed E-state index contributed by atoms with van der Waals surface area (Å²) in [6.45, 7) is 0. The molecule has 6 heteroatoms. The van der Waals surface area contributed by atoms with Crippen LogP contribution in [-0.2, 0) is 9.53 Å². The van der Waals surface area contributed by atoms with Crippen molar-refractivity contribution in [1.29, 1.82) is 0 Å². The maximum atomic E-state index is 12.4. The molecule has 1 N–H and O–H groups in total. The molecule has 0 atom stereocenters. The molecule has 1 heterocycles. The van der Waals surface area contributed by atoms with Gasteiger partial charge in [0.2, 0.25) is 0 Å². The van der Waals surface area contributed by atoms with E-state index in [9.17, 15) is 9.90 Å². The van der Waals surface area contributed by atoms with Gasteiger partial charge in [-0.3, -0.25) is 0 Å². The van der Waals surface area contributed by atoms with Gasteiger partial charge in [0.25, 0.3) is 0 Å². The monoisotopic (exact) mass is 417 g/mol. The minimum Gasteiger partial charge on any atom is -0.506 e. The Balaban J connectivity index is 1.79. The Labute approximate surface area is 178 Å². The van der Waals surface area contributed by atoms with E-state index >= 15 is 0 Å². The predicted octanol–water partition coefficient (Wildman–Crippen LogP) is 5.65. The zero-order chi connectivity index (χ0) is 21.1. The van der Waals surface area contributed by atoms with Crippen molar-refractivity contribution in [2.24, 2.45) is 4.99 Å². The molecule has 1 aliphatic heterocycles. The molecule has 30 heavy (non-hydrogen) atoms. The van der Waals surface area contributed by atoms with Crippen molar-refractivity contribution in [2.45, 2.75) is 0 Å². The number of esters is 1. The molecule has 0 aromatic heterocycles. The zero-order valence-electron chi connectivity index (χ0n) is 16.5. The van der Waals surface area contributed by atoms with E-state index in [0.717, 1.165) is 27.8 Å². The minimum absolute atomic E-state index is 0.0650. The van der Waals surface area contributed by atoms with Gasteiger partial charge in [-0.15, -0.1) is 0 Å². The highest BCUT2D eigenvalue weighted by molar-refractivity contribution is 8.18. The number of methoxy groups -OCH3 is 2. The van der Waals surface area contributed by atoms with Gasteiger partial charge in [0, 0.05) is 5.39 Å². The van der Waals surface area contributed by atoms with E-state index in [2.05, 4.69) is 0 Å². The van der Waals surface area contributed by atoms with Crippen molar-refractivity contribution in [3.63, 3.8) is 0 Å². The summed E-state index contributed by atoms with van der Waals surface area (Å²) in [4.78, 5) is 17.6. The smallest absolute Gasteiger partial charge is 0.344 e. The van der Waals surface area contributed by atoms with Gasteiger partial charge in [-0.25, -0.2) is 9.79 Å². The molecular formula is C24H19NO4S. The number of hydrogen-bond donors (Lipinski definition) is 1.